The average Bonchev–Trinajstić information content (AvgIpc) is 3.11. The molecule has 0 unspecified atom stereocenters. The van der Waals surface area contributed by atoms with Gasteiger partial charge in [-0.2, -0.15) is 13.2 Å². The molecular weight excluding hydrogens is 371 g/mol. The molecular formula is C20H16F3N3O2. The fourth-order valence-corrected chi connectivity index (χ4v) is 2.63. The van der Waals surface area contributed by atoms with Gasteiger partial charge in [-0.25, -0.2) is 4.79 Å². The van der Waals surface area contributed by atoms with Gasteiger partial charge in [0.25, 0.3) is 5.91 Å². The van der Waals surface area contributed by atoms with Gasteiger partial charge in [-0.05, 0) is 48.5 Å². The predicted octanol–water partition coefficient (Wildman–Crippen LogP) is 3.02. The minimum absolute atomic E-state index is 0.0517. The molecule has 2 aromatic carbocycles. The molecule has 1 heterocycles. The third kappa shape index (κ3) is 4.62. The zero-order chi connectivity index (χ0) is 20.1. The smallest absolute Gasteiger partial charge is 0.341 e. The van der Waals surface area contributed by atoms with E-state index in [0.29, 0.717) is 18.7 Å². The van der Waals surface area contributed by atoms with E-state index in [1.807, 2.05) is 0 Å². The number of nitrogens with zero attached hydrogens (tertiary/aromatic N) is 1. The topological polar surface area (TPSA) is 61.4 Å². The summed E-state index contributed by atoms with van der Waals surface area (Å²) in [5.74, 6) is 5.16. The van der Waals surface area contributed by atoms with Gasteiger partial charge in [0.2, 0.25) is 0 Å². The van der Waals surface area contributed by atoms with Crippen LogP contribution < -0.4 is 15.5 Å². The first-order chi connectivity index (χ1) is 13.3. The van der Waals surface area contributed by atoms with Crippen LogP contribution in [0.4, 0.5) is 23.7 Å². The van der Waals surface area contributed by atoms with Crippen molar-refractivity contribution in [3.8, 4) is 11.8 Å². The van der Waals surface area contributed by atoms with E-state index in [0.717, 1.165) is 30.0 Å². The van der Waals surface area contributed by atoms with E-state index in [1.54, 1.807) is 29.2 Å². The number of alkyl halides is 3. The van der Waals surface area contributed by atoms with Gasteiger partial charge >= 0.3 is 12.2 Å². The third-order valence-electron chi connectivity index (χ3n) is 4.08. The maximum Gasteiger partial charge on any atom is 0.416 e. The molecule has 0 atom stereocenters. The van der Waals surface area contributed by atoms with Gasteiger partial charge in [-0.15, -0.1) is 0 Å². The van der Waals surface area contributed by atoms with E-state index in [4.69, 9.17) is 0 Å². The van der Waals surface area contributed by atoms with Gasteiger partial charge in [0.05, 0.1) is 12.1 Å². The summed E-state index contributed by atoms with van der Waals surface area (Å²) >= 11 is 0. The summed E-state index contributed by atoms with van der Waals surface area (Å²) < 4.78 is 37.6. The van der Waals surface area contributed by atoms with Crippen LogP contribution in [-0.4, -0.2) is 31.6 Å². The van der Waals surface area contributed by atoms with Gasteiger partial charge in [-0.1, -0.05) is 11.8 Å². The van der Waals surface area contributed by atoms with E-state index in [9.17, 15) is 22.8 Å². The van der Waals surface area contributed by atoms with Crippen molar-refractivity contribution in [3.63, 3.8) is 0 Å². The molecule has 28 heavy (non-hydrogen) atoms. The monoisotopic (exact) mass is 387 g/mol. The summed E-state index contributed by atoms with van der Waals surface area (Å²) in [7, 11) is 0. The van der Waals surface area contributed by atoms with E-state index in [2.05, 4.69) is 22.5 Å². The number of hydrogen-bond acceptors (Lipinski definition) is 2. The van der Waals surface area contributed by atoms with Crippen molar-refractivity contribution < 1.29 is 22.8 Å². The van der Waals surface area contributed by atoms with Crippen molar-refractivity contribution in [1.82, 2.24) is 10.6 Å². The molecule has 144 valence electrons. The second-order valence-corrected chi connectivity index (χ2v) is 5.99. The number of benzene rings is 2. The lowest BCUT2D eigenvalue weighted by atomic mass is 10.1. The van der Waals surface area contributed by atoms with Gasteiger partial charge in [0.15, 0.2) is 0 Å². The Balaban J connectivity index is 1.53. The van der Waals surface area contributed by atoms with Crippen molar-refractivity contribution in [2.75, 3.05) is 24.5 Å². The minimum Gasteiger partial charge on any atom is -0.341 e. The second kappa shape index (κ2) is 8.05. The Morgan fingerprint density at radius 2 is 1.79 bits per heavy atom. The molecule has 1 aliphatic rings. The van der Waals surface area contributed by atoms with E-state index < -0.39 is 17.6 Å². The van der Waals surface area contributed by atoms with Gasteiger partial charge in [0, 0.05) is 29.9 Å². The highest BCUT2D eigenvalue weighted by atomic mass is 19.4. The van der Waals surface area contributed by atoms with Crippen LogP contribution in [0.2, 0.25) is 0 Å². The number of hydrogen-bond donors (Lipinski definition) is 2. The Hall–Kier alpha value is -3.47. The maximum atomic E-state index is 12.5. The lowest BCUT2D eigenvalue weighted by molar-refractivity contribution is -0.137. The highest BCUT2D eigenvalue weighted by Crippen LogP contribution is 2.29. The lowest BCUT2D eigenvalue weighted by Gasteiger charge is -2.13. The number of urea groups is 1. The van der Waals surface area contributed by atoms with Crippen molar-refractivity contribution in [1.29, 1.82) is 0 Å². The standard InChI is InChI=1S/C20H16F3N3O2/c21-20(22,23)16-7-5-15(6-8-16)18(27)24-11-1-2-14-3-9-17(10-4-14)26-13-12-25-19(26)28/h3-10H,11-13H2,(H,24,27)(H,25,28). The molecule has 1 aliphatic heterocycles. The number of nitrogens with one attached hydrogen (secondary N) is 2. The molecule has 8 heteroatoms. The highest BCUT2D eigenvalue weighted by molar-refractivity contribution is 5.94. The summed E-state index contributed by atoms with van der Waals surface area (Å²) in [6.07, 6.45) is -4.44. The van der Waals surface area contributed by atoms with Crippen LogP contribution in [0.15, 0.2) is 48.5 Å². The molecule has 0 bridgehead atoms. The van der Waals surface area contributed by atoms with Crippen LogP contribution in [0.5, 0.6) is 0 Å². The molecule has 1 saturated heterocycles. The number of carbonyl (C=O) groups is 2. The van der Waals surface area contributed by atoms with Gasteiger partial charge in [-0.3, -0.25) is 9.69 Å². The quantitative estimate of drug-likeness (QED) is 0.796. The molecule has 5 nitrogen and oxygen atoms in total. The van der Waals surface area contributed by atoms with Crippen LogP contribution in [0, 0.1) is 11.8 Å². The number of rotatable bonds is 3. The van der Waals surface area contributed by atoms with Crippen molar-refractivity contribution in [2.24, 2.45) is 0 Å². The van der Waals surface area contributed by atoms with Crippen molar-refractivity contribution in [2.45, 2.75) is 6.18 Å². The van der Waals surface area contributed by atoms with E-state index >= 15 is 0 Å². The first kappa shape index (κ1) is 19.3. The Kier molecular flexibility index (Phi) is 5.54. The molecule has 1 fully saturated rings. The molecule has 0 radical (unpaired) electrons. The highest BCUT2D eigenvalue weighted by Gasteiger charge is 2.30. The predicted molar refractivity (Wildman–Crippen MR) is 97.8 cm³/mol. The summed E-state index contributed by atoms with van der Waals surface area (Å²) in [6.45, 7) is 1.27. The van der Waals surface area contributed by atoms with Crippen LogP contribution in [-0.2, 0) is 6.18 Å². The number of halogens is 3. The van der Waals surface area contributed by atoms with Crippen LogP contribution in [0.1, 0.15) is 21.5 Å². The third-order valence-corrected chi connectivity index (χ3v) is 4.08. The number of anilines is 1. The van der Waals surface area contributed by atoms with Crippen molar-refractivity contribution >= 4 is 17.6 Å². The van der Waals surface area contributed by atoms with E-state index in [1.165, 1.54) is 0 Å². The lowest BCUT2D eigenvalue weighted by Crippen LogP contribution is -2.27. The fourth-order valence-electron chi connectivity index (χ4n) is 2.63. The summed E-state index contributed by atoms with van der Waals surface area (Å²) in [5.41, 5.74) is 0.810. The summed E-state index contributed by atoms with van der Waals surface area (Å²) in [6, 6.07) is 11.0. The molecule has 3 amide bonds. The molecule has 0 spiro atoms. The first-order valence-corrected chi connectivity index (χ1v) is 8.44. The largest absolute Gasteiger partial charge is 0.416 e. The SMILES string of the molecule is O=C(NCC#Cc1ccc(N2CCNC2=O)cc1)c1ccc(C(F)(F)F)cc1. The molecule has 2 aromatic rings. The second-order valence-electron chi connectivity index (χ2n) is 5.99. The Labute approximate surface area is 159 Å². The van der Waals surface area contributed by atoms with Gasteiger partial charge < -0.3 is 10.6 Å². The zero-order valence-electron chi connectivity index (χ0n) is 14.6. The molecule has 3 rings (SSSR count). The Morgan fingerprint density at radius 3 is 2.36 bits per heavy atom. The normalized spacial score (nSPS) is 13.5. The molecule has 0 aliphatic carbocycles. The molecule has 0 aromatic heterocycles. The van der Waals surface area contributed by atoms with Gasteiger partial charge in [0.1, 0.15) is 0 Å². The van der Waals surface area contributed by atoms with Crippen LogP contribution >= 0.6 is 0 Å². The maximum absolute atomic E-state index is 12.5. The van der Waals surface area contributed by atoms with E-state index in [-0.39, 0.29) is 18.1 Å². The van der Waals surface area contributed by atoms with Crippen LogP contribution in [0.25, 0.3) is 0 Å². The summed E-state index contributed by atoms with van der Waals surface area (Å²) in [5, 5.41) is 5.26. The first-order valence-electron chi connectivity index (χ1n) is 8.44. The minimum atomic E-state index is -4.44. The molecule has 0 saturated carbocycles. The summed E-state index contributed by atoms with van der Waals surface area (Å²) in [4.78, 5) is 25.2. The number of carbonyl (C=O) groups excluding carboxylic acids is 2. The molecule has 2 N–H and O–H groups in total. The average molecular weight is 387 g/mol. The van der Waals surface area contributed by atoms with Crippen LogP contribution in [0.3, 0.4) is 0 Å². The Bertz CT molecular complexity index is 926. The van der Waals surface area contributed by atoms with Crippen molar-refractivity contribution in [3.05, 3.63) is 65.2 Å². The fraction of sp³-hybridized carbons (Fsp3) is 0.200. The number of amides is 3. The zero-order valence-corrected chi connectivity index (χ0v) is 14.6. The Morgan fingerprint density at radius 1 is 1.11 bits per heavy atom.